The summed E-state index contributed by atoms with van der Waals surface area (Å²) in [5.74, 6) is 2.50. The van der Waals surface area contributed by atoms with Crippen molar-refractivity contribution in [2.24, 2.45) is 0 Å². The Morgan fingerprint density at radius 2 is 1.31 bits per heavy atom. The Hall–Kier alpha value is -1.94. The standard InChI is InChI=1S/C22H29O8P.Li.H/c1-24-8-10-29-15-6-7-20(17(12-15)30-11-9-25-2)31-22(23)21-18(27-4)13-16(26-3)14-19(21)28-5;;/h6-7,12-14,31H,8-11H2,1-5H3;;/q;+1;-1. The largest absolute Gasteiger partial charge is 1.00 e. The third-order valence-corrected chi connectivity index (χ3v) is 5.40. The first-order chi connectivity index (χ1) is 15.1. The van der Waals surface area contributed by atoms with Crippen molar-refractivity contribution in [2.75, 3.05) is 62.0 Å². The maximum Gasteiger partial charge on any atom is 1.00 e. The number of hydrogen-bond acceptors (Lipinski definition) is 8. The third kappa shape index (κ3) is 7.88. The van der Waals surface area contributed by atoms with E-state index < -0.39 is 0 Å². The Bertz CT molecular complexity index is 843. The fourth-order valence-corrected chi connectivity index (χ4v) is 3.76. The quantitative estimate of drug-likeness (QED) is 0.222. The van der Waals surface area contributed by atoms with Gasteiger partial charge in [-0.1, -0.05) is 0 Å². The minimum atomic E-state index is -0.224. The number of ether oxygens (including phenoxy) is 7. The molecule has 0 heterocycles. The van der Waals surface area contributed by atoms with Gasteiger partial charge in [0.15, 0.2) is 5.52 Å². The zero-order valence-electron chi connectivity index (χ0n) is 20.5. The van der Waals surface area contributed by atoms with E-state index in [1.165, 1.54) is 21.3 Å². The number of benzene rings is 2. The van der Waals surface area contributed by atoms with Crippen LogP contribution in [-0.2, 0) is 9.47 Å². The average Bonchev–Trinajstić information content (AvgIpc) is 2.79. The van der Waals surface area contributed by atoms with E-state index in [2.05, 4.69) is 0 Å². The van der Waals surface area contributed by atoms with Crippen molar-refractivity contribution in [1.82, 2.24) is 0 Å². The number of rotatable bonds is 14. The molecule has 0 aliphatic carbocycles. The fraction of sp³-hybridized carbons (Fsp3) is 0.409. The molecular weight excluding hydrogens is 430 g/mol. The molecule has 1 atom stereocenters. The molecule has 2 aromatic rings. The Labute approximate surface area is 204 Å². The van der Waals surface area contributed by atoms with E-state index >= 15 is 0 Å². The predicted molar refractivity (Wildman–Crippen MR) is 121 cm³/mol. The van der Waals surface area contributed by atoms with Crippen molar-refractivity contribution in [3.8, 4) is 28.7 Å². The molecule has 1 unspecified atom stereocenters. The van der Waals surface area contributed by atoms with E-state index in [0.717, 1.165) is 5.30 Å². The van der Waals surface area contributed by atoms with E-state index in [1.807, 2.05) is 6.07 Å². The van der Waals surface area contributed by atoms with Gasteiger partial charge in [-0.3, -0.25) is 4.79 Å². The van der Waals surface area contributed by atoms with Crippen LogP contribution >= 0.6 is 8.58 Å². The molecule has 0 radical (unpaired) electrons. The molecule has 2 aromatic carbocycles. The van der Waals surface area contributed by atoms with Crippen molar-refractivity contribution in [1.29, 1.82) is 0 Å². The van der Waals surface area contributed by atoms with Crippen LogP contribution in [-0.4, -0.2) is 67.5 Å². The molecule has 0 spiro atoms. The molecule has 0 saturated carbocycles. The van der Waals surface area contributed by atoms with Gasteiger partial charge in [-0.25, -0.2) is 0 Å². The summed E-state index contributed by atoms with van der Waals surface area (Å²) >= 11 is 0. The number of carbonyl (C=O) groups excluding carboxylic acids is 1. The maximum atomic E-state index is 13.2. The third-order valence-electron chi connectivity index (χ3n) is 4.24. The van der Waals surface area contributed by atoms with Gasteiger partial charge in [0.25, 0.3) is 0 Å². The molecule has 8 nitrogen and oxygen atoms in total. The molecule has 0 aliphatic rings. The Kier molecular flexibility index (Phi) is 13.2. The Balaban J connectivity index is 0.00000512. The molecule has 0 saturated heterocycles. The van der Waals surface area contributed by atoms with Crippen molar-refractivity contribution < 1.29 is 58.2 Å². The summed E-state index contributed by atoms with van der Waals surface area (Å²) in [5, 5.41) is 0.736. The second-order valence-corrected chi connectivity index (χ2v) is 7.44. The van der Waals surface area contributed by atoms with E-state index in [-0.39, 0.29) is 34.4 Å². The van der Waals surface area contributed by atoms with Crippen LogP contribution in [0.3, 0.4) is 0 Å². The Morgan fingerprint density at radius 1 is 0.750 bits per heavy atom. The summed E-state index contributed by atoms with van der Waals surface area (Å²) in [5.41, 5.74) is 0.202. The van der Waals surface area contributed by atoms with E-state index in [4.69, 9.17) is 33.2 Å². The molecular formula is C22H30LiO8P. The number of hydrogen-bond donors (Lipinski definition) is 0. The molecule has 0 aromatic heterocycles. The second-order valence-electron chi connectivity index (χ2n) is 6.20. The van der Waals surface area contributed by atoms with Gasteiger partial charge in [-0.15, -0.1) is 0 Å². The summed E-state index contributed by atoms with van der Waals surface area (Å²) in [7, 11) is 7.52. The van der Waals surface area contributed by atoms with Gasteiger partial charge >= 0.3 is 18.9 Å². The first kappa shape index (κ1) is 28.1. The molecule has 0 amide bonds. The monoisotopic (exact) mass is 460 g/mol. The summed E-state index contributed by atoms with van der Waals surface area (Å²) in [6.45, 7) is 1.65. The van der Waals surface area contributed by atoms with Crippen LogP contribution < -0.4 is 47.8 Å². The van der Waals surface area contributed by atoms with Crippen molar-refractivity contribution in [3.63, 3.8) is 0 Å². The predicted octanol–water partition coefficient (Wildman–Crippen LogP) is 0.0235. The molecule has 2 rings (SSSR count). The minimum absolute atomic E-state index is 0. The molecule has 172 valence electrons. The van der Waals surface area contributed by atoms with Crippen LogP contribution in [0.5, 0.6) is 28.7 Å². The second kappa shape index (κ2) is 15.0. The zero-order chi connectivity index (χ0) is 22.6. The maximum absolute atomic E-state index is 13.2. The van der Waals surface area contributed by atoms with Gasteiger partial charge in [0.1, 0.15) is 47.5 Å². The molecule has 32 heavy (non-hydrogen) atoms. The van der Waals surface area contributed by atoms with Crippen LogP contribution in [0.15, 0.2) is 30.3 Å². The van der Waals surface area contributed by atoms with Gasteiger partial charge in [-0.05, 0) is 20.7 Å². The van der Waals surface area contributed by atoms with E-state index in [0.29, 0.717) is 60.7 Å². The summed E-state index contributed by atoms with van der Waals surface area (Å²) in [6, 6.07) is 8.70. The smallest absolute Gasteiger partial charge is 1.00 e. The van der Waals surface area contributed by atoms with Crippen LogP contribution in [0.4, 0.5) is 0 Å². The molecule has 0 bridgehead atoms. The van der Waals surface area contributed by atoms with E-state index in [9.17, 15) is 4.79 Å². The van der Waals surface area contributed by atoms with Gasteiger partial charge in [0.05, 0.1) is 34.5 Å². The van der Waals surface area contributed by atoms with Crippen molar-refractivity contribution >= 4 is 19.4 Å². The van der Waals surface area contributed by atoms with Crippen molar-refractivity contribution in [2.45, 2.75) is 0 Å². The molecule has 0 N–H and O–H groups in total. The molecule has 0 fully saturated rings. The number of carbonyl (C=O) groups is 1. The number of methoxy groups -OCH3 is 5. The van der Waals surface area contributed by atoms with Crippen LogP contribution in [0.2, 0.25) is 0 Å². The minimum Gasteiger partial charge on any atom is -1.00 e. The van der Waals surface area contributed by atoms with Gasteiger partial charge in [0, 0.05) is 37.7 Å². The van der Waals surface area contributed by atoms with Gasteiger partial charge in [-0.2, -0.15) is 0 Å². The van der Waals surface area contributed by atoms with Crippen molar-refractivity contribution in [3.05, 3.63) is 35.9 Å². The zero-order valence-corrected chi connectivity index (χ0v) is 20.5. The fourth-order valence-electron chi connectivity index (χ4n) is 2.71. The molecule has 10 heteroatoms. The van der Waals surface area contributed by atoms with Gasteiger partial charge in [0.2, 0.25) is 0 Å². The summed E-state index contributed by atoms with van der Waals surface area (Å²) in [4.78, 5) is 13.2. The SMILES string of the molecule is COCCOc1ccc(PC(=O)c2c(OC)cc(OC)cc2OC)c(OCCOC)c1.[H-].[Li+]. The normalized spacial score (nSPS) is 10.5. The summed E-state index contributed by atoms with van der Waals surface area (Å²) in [6.07, 6.45) is 0. The average molecular weight is 460 g/mol. The first-order valence-corrected chi connectivity index (χ1v) is 10.6. The summed E-state index contributed by atoms with van der Waals surface area (Å²) < 4.78 is 37.7. The Morgan fingerprint density at radius 3 is 1.84 bits per heavy atom. The van der Waals surface area contributed by atoms with Crippen LogP contribution in [0, 0.1) is 0 Å². The van der Waals surface area contributed by atoms with Crippen LogP contribution in [0.1, 0.15) is 11.8 Å². The topological polar surface area (TPSA) is 81.7 Å². The van der Waals surface area contributed by atoms with Crippen LogP contribution in [0.25, 0.3) is 0 Å². The van der Waals surface area contributed by atoms with E-state index in [1.54, 1.807) is 38.5 Å². The first-order valence-electron chi connectivity index (χ1n) is 9.56. The van der Waals surface area contributed by atoms with Gasteiger partial charge < -0.3 is 34.6 Å². The molecule has 0 aliphatic heterocycles.